The summed E-state index contributed by atoms with van der Waals surface area (Å²) in [6.45, 7) is 10.7. The molecule has 11 heavy (non-hydrogen) atoms. The summed E-state index contributed by atoms with van der Waals surface area (Å²) in [6.07, 6.45) is 4.00. The van der Waals surface area contributed by atoms with Gasteiger partial charge in [0.1, 0.15) is 0 Å². The lowest BCUT2D eigenvalue weighted by molar-refractivity contribution is 0.221. The molecular formula is C9H20O2. The second-order valence-electron chi connectivity index (χ2n) is 1.62. The molecule has 0 aliphatic rings. The van der Waals surface area contributed by atoms with Gasteiger partial charge in [0.2, 0.25) is 0 Å². The molecule has 0 aliphatic carbocycles. The summed E-state index contributed by atoms with van der Waals surface area (Å²) in [6, 6.07) is 0. The van der Waals surface area contributed by atoms with Gasteiger partial charge in [0.15, 0.2) is 0 Å². The topological polar surface area (TPSA) is 40.5 Å². The van der Waals surface area contributed by atoms with Crippen LogP contribution in [-0.4, -0.2) is 23.4 Å². The molecule has 0 unspecified atom stereocenters. The van der Waals surface area contributed by atoms with Crippen LogP contribution in [0.15, 0.2) is 25.3 Å². The molecule has 0 spiro atoms. The molecule has 0 atom stereocenters. The number of allylic oxidation sites excluding steroid dienone is 2. The highest BCUT2D eigenvalue weighted by Crippen LogP contribution is 1.65. The molecule has 0 fully saturated rings. The molecule has 0 amide bonds. The maximum Gasteiger partial charge on any atom is 0.0452 e. The molecule has 0 saturated carbocycles. The third kappa shape index (κ3) is 263. The van der Waals surface area contributed by atoms with E-state index < -0.39 is 0 Å². The molecule has 0 aromatic heterocycles. The monoisotopic (exact) mass is 160 g/mol. The summed E-state index contributed by atoms with van der Waals surface area (Å²) in [4.78, 5) is 0. The Morgan fingerprint density at radius 2 is 1.18 bits per heavy atom. The van der Waals surface area contributed by atoms with E-state index in [4.69, 9.17) is 10.2 Å². The van der Waals surface area contributed by atoms with Crippen LogP contribution in [0.25, 0.3) is 0 Å². The van der Waals surface area contributed by atoms with Crippen molar-refractivity contribution in [2.75, 3.05) is 13.2 Å². The van der Waals surface area contributed by atoms with Gasteiger partial charge in [0.05, 0.1) is 0 Å². The lowest BCUT2D eigenvalue weighted by Crippen LogP contribution is -1.85. The van der Waals surface area contributed by atoms with Crippen LogP contribution in [0.1, 0.15) is 20.3 Å². The van der Waals surface area contributed by atoms with Crippen LogP contribution in [0.4, 0.5) is 0 Å². The van der Waals surface area contributed by atoms with Crippen LogP contribution < -0.4 is 0 Å². The van der Waals surface area contributed by atoms with E-state index in [1.54, 1.807) is 12.2 Å². The first-order valence-corrected chi connectivity index (χ1v) is 3.60. The Kier molecular flexibility index (Phi) is 52.3. The number of hydrogen-bond acceptors (Lipinski definition) is 2. The Hall–Kier alpha value is -0.600. The quantitative estimate of drug-likeness (QED) is 0.604. The van der Waals surface area contributed by atoms with Gasteiger partial charge in [-0.1, -0.05) is 12.2 Å². The van der Waals surface area contributed by atoms with Crippen LogP contribution in [0, 0.1) is 0 Å². The fraction of sp³-hybridized carbons (Fsp3) is 0.556. The van der Waals surface area contributed by atoms with E-state index in [0.29, 0.717) is 6.42 Å². The summed E-state index contributed by atoms with van der Waals surface area (Å²) in [5.41, 5.74) is 0. The molecule has 0 bridgehead atoms. The Bertz CT molecular complexity index is 52.6. The summed E-state index contributed by atoms with van der Waals surface area (Å²) < 4.78 is 0. The molecule has 2 N–H and O–H groups in total. The van der Waals surface area contributed by atoms with Crippen molar-refractivity contribution in [1.29, 1.82) is 0 Å². The fourth-order valence-corrected chi connectivity index (χ4v) is 0.0707. The summed E-state index contributed by atoms with van der Waals surface area (Å²) in [5, 5.41) is 15.8. The van der Waals surface area contributed by atoms with Gasteiger partial charge in [0, 0.05) is 13.2 Å². The van der Waals surface area contributed by atoms with Gasteiger partial charge in [0.25, 0.3) is 0 Å². The normalized spacial score (nSPS) is 6.18. The van der Waals surface area contributed by atoms with E-state index in [1.807, 2.05) is 13.8 Å². The number of aliphatic hydroxyl groups is 2. The molecule has 68 valence electrons. The molecule has 0 aromatic rings. The molecule has 0 saturated heterocycles. The van der Waals surface area contributed by atoms with E-state index in [9.17, 15) is 0 Å². The standard InChI is InChI=1S/C3H8O2.2C3H6/c4-2-1-3-5;2*1-3-2/h4-5H,1-3H2;2*3H,1H2,2H3. The van der Waals surface area contributed by atoms with Gasteiger partial charge in [-0.2, -0.15) is 0 Å². The van der Waals surface area contributed by atoms with Crippen LogP contribution in [0.2, 0.25) is 0 Å². The number of rotatable bonds is 2. The Labute approximate surface area is 69.9 Å². The zero-order valence-corrected chi connectivity index (χ0v) is 7.58. The average molecular weight is 160 g/mol. The third-order valence-electron chi connectivity index (χ3n) is 0.316. The van der Waals surface area contributed by atoms with E-state index in [-0.39, 0.29) is 13.2 Å². The molecule has 2 heteroatoms. The highest BCUT2D eigenvalue weighted by molar-refractivity contribution is 4.51. The molecular weight excluding hydrogens is 140 g/mol. The minimum Gasteiger partial charge on any atom is -0.396 e. The zero-order chi connectivity index (χ0) is 9.54. The van der Waals surface area contributed by atoms with Gasteiger partial charge in [-0.15, -0.1) is 13.2 Å². The Balaban J connectivity index is -0.0000000933. The molecule has 0 aromatic carbocycles. The van der Waals surface area contributed by atoms with Crippen molar-refractivity contribution in [2.24, 2.45) is 0 Å². The predicted octanol–water partition coefficient (Wildman–Crippen LogP) is 1.75. The second kappa shape index (κ2) is 34.3. The van der Waals surface area contributed by atoms with E-state index in [0.717, 1.165) is 0 Å². The third-order valence-corrected chi connectivity index (χ3v) is 0.316. The minimum absolute atomic E-state index is 0.0938. The minimum atomic E-state index is 0.0938. The Morgan fingerprint density at radius 1 is 1.00 bits per heavy atom. The van der Waals surface area contributed by atoms with Crippen LogP contribution in [-0.2, 0) is 0 Å². The first-order valence-electron chi connectivity index (χ1n) is 3.60. The number of hydrogen-bond donors (Lipinski definition) is 2. The highest BCUT2D eigenvalue weighted by atomic mass is 16.3. The van der Waals surface area contributed by atoms with Crippen molar-refractivity contribution in [3.63, 3.8) is 0 Å². The maximum atomic E-state index is 7.91. The van der Waals surface area contributed by atoms with Crippen molar-refractivity contribution in [3.8, 4) is 0 Å². The van der Waals surface area contributed by atoms with Crippen LogP contribution >= 0.6 is 0 Å². The summed E-state index contributed by atoms with van der Waals surface area (Å²) in [5.74, 6) is 0. The zero-order valence-electron chi connectivity index (χ0n) is 7.58. The largest absolute Gasteiger partial charge is 0.396 e. The molecule has 0 rings (SSSR count). The fourth-order valence-electron chi connectivity index (χ4n) is 0.0707. The van der Waals surface area contributed by atoms with Crippen LogP contribution in [0.3, 0.4) is 0 Å². The van der Waals surface area contributed by atoms with Gasteiger partial charge in [-0.05, 0) is 20.3 Å². The highest BCUT2D eigenvalue weighted by Gasteiger charge is 1.70. The van der Waals surface area contributed by atoms with Gasteiger partial charge < -0.3 is 10.2 Å². The lowest BCUT2D eigenvalue weighted by atomic mass is 10.5. The van der Waals surface area contributed by atoms with Gasteiger partial charge in [-0.25, -0.2) is 0 Å². The van der Waals surface area contributed by atoms with E-state index >= 15 is 0 Å². The smallest absolute Gasteiger partial charge is 0.0452 e. The lowest BCUT2D eigenvalue weighted by Gasteiger charge is -1.79. The van der Waals surface area contributed by atoms with Crippen LogP contribution in [0.5, 0.6) is 0 Å². The molecule has 0 radical (unpaired) electrons. The summed E-state index contributed by atoms with van der Waals surface area (Å²) in [7, 11) is 0. The van der Waals surface area contributed by atoms with Crippen molar-refractivity contribution < 1.29 is 10.2 Å². The van der Waals surface area contributed by atoms with E-state index in [2.05, 4.69) is 13.2 Å². The number of aliphatic hydroxyl groups excluding tert-OH is 2. The van der Waals surface area contributed by atoms with Crippen molar-refractivity contribution in [2.45, 2.75) is 20.3 Å². The molecule has 0 heterocycles. The maximum absolute atomic E-state index is 7.91. The average Bonchev–Trinajstić information content (AvgIpc) is 1.92. The van der Waals surface area contributed by atoms with Crippen molar-refractivity contribution >= 4 is 0 Å². The van der Waals surface area contributed by atoms with Crippen molar-refractivity contribution in [3.05, 3.63) is 25.3 Å². The second-order valence-corrected chi connectivity index (χ2v) is 1.62. The molecule has 0 aliphatic heterocycles. The van der Waals surface area contributed by atoms with Crippen molar-refractivity contribution in [1.82, 2.24) is 0 Å². The Morgan fingerprint density at radius 3 is 1.18 bits per heavy atom. The molecule has 2 nitrogen and oxygen atoms in total. The summed E-state index contributed by atoms with van der Waals surface area (Å²) >= 11 is 0. The van der Waals surface area contributed by atoms with Gasteiger partial charge >= 0.3 is 0 Å². The first-order chi connectivity index (χ1) is 5.24. The van der Waals surface area contributed by atoms with Gasteiger partial charge in [-0.3, -0.25) is 0 Å². The van der Waals surface area contributed by atoms with E-state index in [1.165, 1.54) is 0 Å². The predicted molar refractivity (Wildman–Crippen MR) is 50.5 cm³/mol. The first kappa shape index (κ1) is 16.8. The SMILES string of the molecule is C=CC.C=CC.OCCCO.